The largest absolute Gasteiger partial charge is 0.417 e. The summed E-state index contributed by atoms with van der Waals surface area (Å²) in [7, 11) is -4.73. The summed E-state index contributed by atoms with van der Waals surface area (Å²) < 4.78 is 124. The van der Waals surface area contributed by atoms with E-state index in [1.165, 1.54) is 10.6 Å². The van der Waals surface area contributed by atoms with Gasteiger partial charge in [0.2, 0.25) is 10.0 Å². The Hall–Kier alpha value is -3.11. The van der Waals surface area contributed by atoms with Crippen molar-refractivity contribution in [2.75, 3.05) is 0 Å². The number of sulfonamides is 1. The van der Waals surface area contributed by atoms with Gasteiger partial charge in [-0.25, -0.2) is 17.9 Å². The van der Waals surface area contributed by atoms with Gasteiger partial charge in [-0.05, 0) is 55.0 Å². The molecule has 2 fully saturated rings. The van der Waals surface area contributed by atoms with Crippen molar-refractivity contribution in [3.8, 4) is 17.2 Å². The van der Waals surface area contributed by atoms with E-state index in [4.69, 9.17) is 5.14 Å². The SMILES string of the molecule is N#CC1(Cn2cc([C@@H](C(F)(F)F)C3(S(N)(=O)=O)CCC3)c3cc(F)c(-c4ccccc4C(F)(F)F)cc32)CC1. The van der Waals surface area contributed by atoms with Gasteiger partial charge in [-0.1, -0.05) is 24.6 Å². The Kier molecular flexibility index (Phi) is 6.12. The predicted octanol–water partition coefficient (Wildman–Crippen LogP) is 6.63. The van der Waals surface area contributed by atoms with Gasteiger partial charge in [0.1, 0.15) is 16.5 Å². The molecule has 0 saturated heterocycles. The Morgan fingerprint density at radius 1 is 1.03 bits per heavy atom. The second-order valence-corrected chi connectivity index (χ2v) is 12.3. The zero-order valence-electron chi connectivity index (χ0n) is 20.2. The number of nitrogens with zero attached hydrogens (tertiary/aromatic N) is 2. The molecular formula is C26H22F7N3O2S. The van der Waals surface area contributed by atoms with Crippen molar-refractivity contribution in [2.24, 2.45) is 10.6 Å². The van der Waals surface area contributed by atoms with Gasteiger partial charge in [-0.15, -0.1) is 0 Å². The molecule has 3 aromatic rings. The molecule has 5 nitrogen and oxygen atoms in total. The van der Waals surface area contributed by atoms with Crippen LogP contribution < -0.4 is 5.14 Å². The van der Waals surface area contributed by atoms with Crippen molar-refractivity contribution < 1.29 is 39.2 Å². The van der Waals surface area contributed by atoms with Crippen LogP contribution in [0.4, 0.5) is 30.7 Å². The number of nitrogens with two attached hydrogens (primary N) is 1. The summed E-state index contributed by atoms with van der Waals surface area (Å²) in [5.41, 5.74) is -3.62. The first-order valence-corrected chi connectivity index (χ1v) is 13.6. The molecule has 1 atom stereocenters. The number of alkyl halides is 6. The lowest BCUT2D eigenvalue weighted by atomic mass is 9.71. The molecule has 2 aliphatic rings. The van der Waals surface area contributed by atoms with Crippen molar-refractivity contribution >= 4 is 20.9 Å². The smallest absolute Gasteiger partial charge is 0.346 e. The molecule has 2 saturated carbocycles. The van der Waals surface area contributed by atoms with Crippen LogP contribution in [0.25, 0.3) is 22.0 Å². The van der Waals surface area contributed by atoms with Gasteiger partial charge in [0.15, 0.2) is 0 Å². The lowest BCUT2D eigenvalue weighted by molar-refractivity contribution is -0.163. The minimum absolute atomic E-state index is 0.0435. The quantitative estimate of drug-likeness (QED) is 0.336. The molecule has 0 spiro atoms. The molecule has 5 rings (SSSR count). The number of primary sulfonamides is 1. The summed E-state index contributed by atoms with van der Waals surface area (Å²) in [4.78, 5) is 0. The third kappa shape index (κ3) is 4.47. The minimum Gasteiger partial charge on any atom is -0.346 e. The van der Waals surface area contributed by atoms with Crippen LogP contribution in [0.3, 0.4) is 0 Å². The van der Waals surface area contributed by atoms with E-state index in [2.05, 4.69) is 6.07 Å². The molecule has 39 heavy (non-hydrogen) atoms. The standard InChI is InChI=1S/C26H22F7N3O2S/c27-20-10-17-18(22(26(31,32)33)24(6-3-7-24)39(35,37)38)12-36(14-23(13-34)8-9-23)21(17)11-16(20)15-4-1-2-5-19(15)25(28,29)30/h1-2,4-5,10-12,22H,3,6-9,14H2,(H2,35,37,38)/t22-/m1/s1. The number of nitriles is 1. The molecular weight excluding hydrogens is 551 g/mol. The zero-order chi connectivity index (χ0) is 28.6. The van der Waals surface area contributed by atoms with E-state index in [9.17, 15) is 40.0 Å². The maximum Gasteiger partial charge on any atom is 0.417 e. The van der Waals surface area contributed by atoms with Crippen molar-refractivity contribution in [1.29, 1.82) is 5.26 Å². The van der Waals surface area contributed by atoms with Crippen molar-refractivity contribution in [3.05, 3.63) is 59.5 Å². The normalized spacial score (nSPS) is 19.4. The Bertz CT molecular complexity index is 1610. The molecule has 208 valence electrons. The summed E-state index contributed by atoms with van der Waals surface area (Å²) in [6.07, 6.45) is -8.51. The molecule has 1 aromatic heterocycles. The number of aromatic nitrogens is 1. The molecule has 0 amide bonds. The Morgan fingerprint density at radius 3 is 2.15 bits per heavy atom. The molecule has 2 N–H and O–H groups in total. The van der Waals surface area contributed by atoms with Crippen LogP contribution in [0.2, 0.25) is 0 Å². The van der Waals surface area contributed by atoms with Gasteiger partial charge in [-0.2, -0.15) is 31.6 Å². The summed E-state index contributed by atoms with van der Waals surface area (Å²) in [6.45, 7) is -0.0983. The summed E-state index contributed by atoms with van der Waals surface area (Å²) >= 11 is 0. The highest BCUT2D eigenvalue weighted by Gasteiger charge is 2.63. The number of halogens is 7. The number of hydrogen-bond donors (Lipinski definition) is 1. The first-order valence-electron chi connectivity index (χ1n) is 12.0. The fourth-order valence-corrected chi connectivity index (χ4v) is 7.12. The summed E-state index contributed by atoms with van der Waals surface area (Å²) in [5, 5.41) is 14.6. The zero-order valence-corrected chi connectivity index (χ0v) is 21.0. The third-order valence-corrected chi connectivity index (χ3v) is 9.80. The molecule has 0 bridgehead atoms. The van der Waals surface area contributed by atoms with Crippen molar-refractivity contribution in [2.45, 2.75) is 61.7 Å². The Morgan fingerprint density at radius 2 is 1.67 bits per heavy atom. The van der Waals surface area contributed by atoms with Gasteiger partial charge in [-0.3, -0.25) is 0 Å². The first-order chi connectivity index (χ1) is 18.0. The molecule has 13 heteroatoms. The van der Waals surface area contributed by atoms with E-state index < -0.39 is 66.5 Å². The van der Waals surface area contributed by atoms with Crippen LogP contribution in [0, 0.1) is 22.6 Å². The Balaban J connectivity index is 1.80. The topological polar surface area (TPSA) is 88.9 Å². The molecule has 0 radical (unpaired) electrons. The highest BCUT2D eigenvalue weighted by atomic mass is 32.2. The van der Waals surface area contributed by atoms with Crippen molar-refractivity contribution in [1.82, 2.24) is 4.57 Å². The molecule has 2 aliphatic carbocycles. The van der Waals surface area contributed by atoms with Gasteiger partial charge < -0.3 is 4.57 Å². The van der Waals surface area contributed by atoms with Crippen LogP contribution in [-0.4, -0.2) is 23.9 Å². The third-order valence-electron chi connectivity index (χ3n) is 8.02. The van der Waals surface area contributed by atoms with Crippen LogP contribution in [-0.2, 0) is 22.7 Å². The van der Waals surface area contributed by atoms with Crippen LogP contribution in [0.15, 0.2) is 42.6 Å². The molecule has 1 heterocycles. The van der Waals surface area contributed by atoms with E-state index in [1.54, 1.807) is 0 Å². The number of fused-ring (bicyclic) bond motifs is 1. The average Bonchev–Trinajstić information content (AvgIpc) is 3.49. The first kappa shape index (κ1) is 27.5. The van der Waals surface area contributed by atoms with Gasteiger partial charge in [0.05, 0.1) is 17.0 Å². The highest BCUT2D eigenvalue weighted by Crippen LogP contribution is 2.57. The van der Waals surface area contributed by atoms with E-state index in [0.717, 1.165) is 30.5 Å². The monoisotopic (exact) mass is 573 g/mol. The Labute approximate surface area is 219 Å². The van der Waals surface area contributed by atoms with Gasteiger partial charge >= 0.3 is 12.4 Å². The maximum atomic E-state index is 15.5. The van der Waals surface area contributed by atoms with E-state index >= 15 is 4.39 Å². The number of rotatable bonds is 6. The van der Waals surface area contributed by atoms with Crippen LogP contribution >= 0.6 is 0 Å². The number of benzene rings is 2. The fourth-order valence-electron chi connectivity index (χ4n) is 5.67. The molecule has 0 unspecified atom stereocenters. The minimum atomic E-state index is -5.10. The summed E-state index contributed by atoms with van der Waals surface area (Å²) in [5.74, 6) is -3.82. The number of hydrogen-bond acceptors (Lipinski definition) is 3. The lowest BCUT2D eigenvalue weighted by Gasteiger charge is -2.45. The highest BCUT2D eigenvalue weighted by molar-refractivity contribution is 7.90. The van der Waals surface area contributed by atoms with Crippen LogP contribution in [0.1, 0.15) is 49.1 Å². The van der Waals surface area contributed by atoms with Gasteiger partial charge in [0, 0.05) is 29.2 Å². The van der Waals surface area contributed by atoms with Crippen LogP contribution in [0.5, 0.6) is 0 Å². The van der Waals surface area contributed by atoms with Crippen molar-refractivity contribution in [3.63, 3.8) is 0 Å². The maximum absolute atomic E-state index is 15.5. The second-order valence-electron chi connectivity index (χ2n) is 10.4. The lowest BCUT2D eigenvalue weighted by Crippen LogP contribution is -2.57. The fraction of sp³-hybridized carbons (Fsp3) is 0.423. The predicted molar refractivity (Wildman–Crippen MR) is 128 cm³/mol. The van der Waals surface area contributed by atoms with E-state index in [-0.39, 0.29) is 36.7 Å². The van der Waals surface area contributed by atoms with Gasteiger partial charge in [0.25, 0.3) is 0 Å². The second kappa shape index (κ2) is 8.69. The molecule has 0 aliphatic heterocycles. The van der Waals surface area contributed by atoms with E-state index in [1.807, 2.05) is 0 Å². The van der Waals surface area contributed by atoms with E-state index in [0.29, 0.717) is 18.9 Å². The summed E-state index contributed by atoms with van der Waals surface area (Å²) in [6, 6.07) is 8.09. The molecule has 2 aromatic carbocycles. The average molecular weight is 574 g/mol.